The number of anilines is 4. The molecule has 0 unspecified atom stereocenters. The Morgan fingerprint density at radius 3 is 2.49 bits per heavy atom. The zero-order valence-electron chi connectivity index (χ0n) is 18.4. The van der Waals surface area contributed by atoms with Crippen LogP contribution in [-0.2, 0) is 13.2 Å². The molecule has 4 aromatic rings. The number of aromatic nitrogens is 4. The van der Waals surface area contributed by atoms with E-state index >= 15 is 0 Å². The third kappa shape index (κ3) is 5.74. The van der Waals surface area contributed by atoms with Crippen LogP contribution in [0, 0.1) is 17.7 Å². The van der Waals surface area contributed by atoms with Gasteiger partial charge in [-0.2, -0.15) is 23.3 Å². The van der Waals surface area contributed by atoms with Gasteiger partial charge in [0.25, 0.3) is 0 Å². The highest BCUT2D eigenvalue weighted by atomic mass is 19.4. The molecule has 0 radical (unpaired) electrons. The number of nitrogens with two attached hydrogens (primary N) is 1. The minimum Gasteiger partial charge on any atom is -0.337 e. The van der Waals surface area contributed by atoms with E-state index in [-0.39, 0.29) is 24.0 Å². The SMILES string of the molecule is Cn1cc(Nc2ncc(-c3ccc(C(F)(F)F)cc3)c(Nc3cc(C#CCN)ccc3F)n2)cn1. The van der Waals surface area contributed by atoms with E-state index in [1.54, 1.807) is 24.1 Å². The van der Waals surface area contributed by atoms with Crippen LogP contribution in [0.25, 0.3) is 11.1 Å². The lowest BCUT2D eigenvalue weighted by atomic mass is 10.1. The minimum absolute atomic E-state index is 0.0769. The molecule has 2 aromatic carbocycles. The van der Waals surface area contributed by atoms with Gasteiger partial charge in [0.15, 0.2) is 0 Å². The van der Waals surface area contributed by atoms with Gasteiger partial charge in [0.1, 0.15) is 11.6 Å². The molecular formula is C24H19F4N7. The maximum absolute atomic E-state index is 14.6. The van der Waals surface area contributed by atoms with Gasteiger partial charge in [0.2, 0.25) is 5.95 Å². The number of hydrogen-bond donors (Lipinski definition) is 3. The second kappa shape index (κ2) is 9.82. The fraction of sp³-hybridized carbons (Fsp3) is 0.125. The summed E-state index contributed by atoms with van der Waals surface area (Å²) in [6, 6.07) is 8.78. The third-order valence-corrected chi connectivity index (χ3v) is 4.83. The Labute approximate surface area is 198 Å². The van der Waals surface area contributed by atoms with Gasteiger partial charge in [-0.3, -0.25) is 4.68 Å². The lowest BCUT2D eigenvalue weighted by Crippen LogP contribution is -2.05. The summed E-state index contributed by atoms with van der Waals surface area (Å²) in [6.45, 7) is 0.146. The molecule has 0 amide bonds. The maximum Gasteiger partial charge on any atom is 0.416 e. The molecule has 7 nitrogen and oxygen atoms in total. The number of aryl methyl sites for hydroxylation is 1. The van der Waals surface area contributed by atoms with Crippen molar-refractivity contribution in [1.82, 2.24) is 19.7 Å². The van der Waals surface area contributed by atoms with E-state index in [1.807, 2.05) is 0 Å². The van der Waals surface area contributed by atoms with E-state index in [0.717, 1.165) is 12.1 Å². The van der Waals surface area contributed by atoms with Gasteiger partial charge in [-0.05, 0) is 35.9 Å². The topological polar surface area (TPSA) is 93.7 Å². The van der Waals surface area contributed by atoms with E-state index in [2.05, 4.69) is 37.5 Å². The molecule has 0 bridgehead atoms. The number of benzene rings is 2. The molecule has 0 aliphatic carbocycles. The Balaban J connectivity index is 1.75. The van der Waals surface area contributed by atoms with Crippen LogP contribution in [-0.4, -0.2) is 26.3 Å². The summed E-state index contributed by atoms with van der Waals surface area (Å²) in [6.07, 6.45) is 0.243. The van der Waals surface area contributed by atoms with Crippen molar-refractivity contribution in [3.05, 3.63) is 78.0 Å². The molecule has 0 saturated heterocycles. The van der Waals surface area contributed by atoms with Crippen molar-refractivity contribution in [3.63, 3.8) is 0 Å². The number of halogens is 4. The number of rotatable bonds is 5. The number of alkyl halides is 3. The van der Waals surface area contributed by atoms with E-state index < -0.39 is 17.6 Å². The van der Waals surface area contributed by atoms with Crippen LogP contribution in [0.1, 0.15) is 11.1 Å². The monoisotopic (exact) mass is 481 g/mol. The Hall–Kier alpha value is -4.43. The first-order chi connectivity index (χ1) is 16.7. The molecule has 0 atom stereocenters. The molecule has 0 aliphatic heterocycles. The Bertz CT molecular complexity index is 1400. The van der Waals surface area contributed by atoms with Crippen LogP contribution < -0.4 is 16.4 Å². The first kappa shape index (κ1) is 23.7. The van der Waals surface area contributed by atoms with Crippen molar-refractivity contribution in [3.8, 4) is 23.0 Å². The lowest BCUT2D eigenvalue weighted by molar-refractivity contribution is -0.137. The summed E-state index contributed by atoms with van der Waals surface area (Å²) in [7, 11) is 1.75. The number of hydrogen-bond acceptors (Lipinski definition) is 6. The fourth-order valence-corrected chi connectivity index (χ4v) is 3.18. The summed E-state index contributed by atoms with van der Waals surface area (Å²) < 4.78 is 55.2. The molecule has 4 N–H and O–H groups in total. The van der Waals surface area contributed by atoms with Gasteiger partial charge in [-0.25, -0.2) is 9.37 Å². The predicted octanol–water partition coefficient (Wildman–Crippen LogP) is 4.83. The Kier molecular flexibility index (Phi) is 6.66. The highest BCUT2D eigenvalue weighted by Crippen LogP contribution is 2.34. The maximum atomic E-state index is 14.6. The normalized spacial score (nSPS) is 11.0. The van der Waals surface area contributed by atoms with Crippen molar-refractivity contribution in [2.75, 3.05) is 17.2 Å². The summed E-state index contributed by atoms with van der Waals surface area (Å²) in [4.78, 5) is 8.70. The second-order valence-electron chi connectivity index (χ2n) is 7.38. The van der Waals surface area contributed by atoms with Crippen molar-refractivity contribution in [2.45, 2.75) is 6.18 Å². The molecule has 0 saturated carbocycles. The Morgan fingerprint density at radius 2 is 1.83 bits per heavy atom. The van der Waals surface area contributed by atoms with Crippen LogP contribution in [0.5, 0.6) is 0 Å². The van der Waals surface area contributed by atoms with Crippen molar-refractivity contribution in [2.24, 2.45) is 12.8 Å². The largest absolute Gasteiger partial charge is 0.416 e. The van der Waals surface area contributed by atoms with Gasteiger partial charge in [-0.15, -0.1) is 0 Å². The summed E-state index contributed by atoms with van der Waals surface area (Å²) in [5, 5.41) is 9.97. The van der Waals surface area contributed by atoms with Crippen LogP contribution in [0.3, 0.4) is 0 Å². The quantitative estimate of drug-likeness (QED) is 0.279. The lowest BCUT2D eigenvalue weighted by Gasteiger charge is -2.14. The van der Waals surface area contributed by atoms with Gasteiger partial charge in [0.05, 0.1) is 29.7 Å². The van der Waals surface area contributed by atoms with Crippen LogP contribution in [0.4, 0.5) is 40.7 Å². The molecule has 178 valence electrons. The molecule has 0 spiro atoms. The average Bonchev–Trinajstić information content (AvgIpc) is 3.23. The number of nitrogens with one attached hydrogen (secondary N) is 2. The molecular weight excluding hydrogens is 462 g/mol. The van der Waals surface area contributed by atoms with E-state index in [9.17, 15) is 17.6 Å². The zero-order valence-corrected chi connectivity index (χ0v) is 18.4. The van der Waals surface area contributed by atoms with E-state index in [0.29, 0.717) is 22.4 Å². The minimum atomic E-state index is -4.47. The first-order valence-corrected chi connectivity index (χ1v) is 10.3. The van der Waals surface area contributed by atoms with E-state index in [4.69, 9.17) is 5.73 Å². The highest BCUT2D eigenvalue weighted by Gasteiger charge is 2.30. The molecule has 2 aromatic heterocycles. The molecule has 0 fully saturated rings. The first-order valence-electron chi connectivity index (χ1n) is 10.3. The smallest absolute Gasteiger partial charge is 0.337 e. The summed E-state index contributed by atoms with van der Waals surface area (Å²) >= 11 is 0. The summed E-state index contributed by atoms with van der Waals surface area (Å²) in [5.41, 5.74) is 6.62. The molecule has 4 rings (SSSR count). The molecule has 2 heterocycles. The fourth-order valence-electron chi connectivity index (χ4n) is 3.18. The Morgan fingerprint density at radius 1 is 1.06 bits per heavy atom. The number of nitrogens with zero attached hydrogens (tertiary/aromatic N) is 4. The van der Waals surface area contributed by atoms with Gasteiger partial charge >= 0.3 is 6.18 Å². The second-order valence-corrected chi connectivity index (χ2v) is 7.38. The predicted molar refractivity (Wildman–Crippen MR) is 125 cm³/mol. The van der Waals surface area contributed by atoms with Crippen LogP contribution in [0.2, 0.25) is 0 Å². The highest BCUT2D eigenvalue weighted by molar-refractivity contribution is 5.79. The van der Waals surface area contributed by atoms with Crippen molar-refractivity contribution in [1.29, 1.82) is 0 Å². The van der Waals surface area contributed by atoms with Crippen molar-refractivity contribution < 1.29 is 17.6 Å². The molecule has 0 aliphatic rings. The van der Waals surface area contributed by atoms with Gasteiger partial charge in [0, 0.05) is 30.6 Å². The molecule has 35 heavy (non-hydrogen) atoms. The summed E-state index contributed by atoms with van der Waals surface area (Å²) in [5.74, 6) is 5.31. The standard InChI is InChI=1S/C24H19F4N7/c1-35-14-18(12-31-35)32-23-30-13-19(16-5-7-17(8-6-16)24(26,27)28)22(34-23)33-21-11-15(3-2-10-29)4-9-20(21)25/h4-9,11-14H,10,29H2,1H3,(H2,30,32,33,34). The van der Waals surface area contributed by atoms with Crippen LogP contribution >= 0.6 is 0 Å². The van der Waals surface area contributed by atoms with Gasteiger partial charge < -0.3 is 16.4 Å². The van der Waals surface area contributed by atoms with Crippen LogP contribution in [0.15, 0.2) is 61.1 Å². The van der Waals surface area contributed by atoms with E-state index in [1.165, 1.54) is 36.5 Å². The van der Waals surface area contributed by atoms with Gasteiger partial charge in [-0.1, -0.05) is 24.0 Å². The average molecular weight is 481 g/mol. The third-order valence-electron chi connectivity index (χ3n) is 4.83. The zero-order chi connectivity index (χ0) is 25.0. The van der Waals surface area contributed by atoms with Crippen molar-refractivity contribution >= 4 is 23.1 Å². The molecule has 11 heteroatoms.